The van der Waals surface area contributed by atoms with Crippen LogP contribution in [0, 0.1) is 0 Å². The van der Waals surface area contributed by atoms with Gasteiger partial charge in [-0.2, -0.15) is 5.10 Å². The summed E-state index contributed by atoms with van der Waals surface area (Å²) in [7, 11) is 0. The smallest absolute Gasteiger partial charge is 0.231 e. The van der Waals surface area contributed by atoms with Crippen LogP contribution in [0.4, 0.5) is 0 Å². The molecule has 0 aliphatic heterocycles. The predicted molar refractivity (Wildman–Crippen MR) is 52.1 cm³/mol. The Hall–Kier alpha value is -1.98. The molecule has 0 spiro atoms. The summed E-state index contributed by atoms with van der Waals surface area (Å²) < 4.78 is 3.20. The maximum Gasteiger partial charge on any atom is 0.231 e. The van der Waals surface area contributed by atoms with Crippen molar-refractivity contribution in [1.82, 2.24) is 24.3 Å². The third-order valence-electron chi connectivity index (χ3n) is 2.04. The number of aryl methyl sites for hydroxylation is 1. The molecule has 0 radical (unpaired) electrons. The summed E-state index contributed by atoms with van der Waals surface area (Å²) in [5, 5.41) is 3.95. The van der Waals surface area contributed by atoms with Crippen LogP contribution in [0.1, 0.15) is 17.6 Å². The van der Waals surface area contributed by atoms with Crippen LogP contribution in [0.3, 0.4) is 0 Å². The molecule has 0 amide bonds. The Bertz CT molecular complexity index is 406. The van der Waals surface area contributed by atoms with Crippen LogP contribution in [0.5, 0.6) is 0 Å². The molecule has 0 unspecified atom stereocenters. The van der Waals surface area contributed by atoms with E-state index in [2.05, 4.69) is 15.1 Å². The maximum atomic E-state index is 11.5. The van der Waals surface area contributed by atoms with Gasteiger partial charge in [-0.3, -0.25) is 14.0 Å². The summed E-state index contributed by atoms with van der Waals surface area (Å²) in [4.78, 5) is 19.1. The van der Waals surface area contributed by atoms with Gasteiger partial charge in [0.2, 0.25) is 5.91 Å². The lowest BCUT2D eigenvalue weighted by Gasteiger charge is -2.01. The van der Waals surface area contributed by atoms with Crippen molar-refractivity contribution in [1.29, 1.82) is 0 Å². The van der Waals surface area contributed by atoms with Crippen LogP contribution in [-0.4, -0.2) is 30.2 Å². The van der Waals surface area contributed by atoms with Crippen molar-refractivity contribution in [3.8, 4) is 0 Å². The Morgan fingerprint density at radius 1 is 1.27 bits per heavy atom. The molecule has 0 N–H and O–H groups in total. The van der Waals surface area contributed by atoms with Gasteiger partial charge in [-0.05, 0) is 6.42 Å². The lowest BCUT2D eigenvalue weighted by atomic mass is 10.3. The van der Waals surface area contributed by atoms with Gasteiger partial charge in [0.25, 0.3) is 0 Å². The molecule has 0 saturated heterocycles. The standard InChI is InChI=1S/C9H11N5O/c15-9(13-5-3-10-7-13)2-1-4-14-8-11-6-12-14/h3,5-8H,1-2,4H2. The van der Waals surface area contributed by atoms with E-state index < -0.39 is 0 Å². The average Bonchev–Trinajstić information content (AvgIpc) is 2.90. The highest BCUT2D eigenvalue weighted by atomic mass is 16.2. The van der Waals surface area contributed by atoms with Gasteiger partial charge < -0.3 is 0 Å². The first kappa shape index (κ1) is 9.57. The van der Waals surface area contributed by atoms with Crippen LogP contribution in [-0.2, 0) is 6.54 Å². The van der Waals surface area contributed by atoms with Crippen molar-refractivity contribution in [2.75, 3.05) is 0 Å². The number of hydrogen-bond acceptors (Lipinski definition) is 4. The number of rotatable bonds is 4. The topological polar surface area (TPSA) is 65.6 Å². The van der Waals surface area contributed by atoms with Gasteiger partial charge in [-0.25, -0.2) is 9.97 Å². The minimum atomic E-state index is 0.0487. The van der Waals surface area contributed by atoms with Gasteiger partial charge in [0, 0.05) is 25.4 Å². The molecule has 2 aromatic rings. The molecule has 0 atom stereocenters. The van der Waals surface area contributed by atoms with Crippen LogP contribution < -0.4 is 0 Å². The lowest BCUT2D eigenvalue weighted by Crippen LogP contribution is -2.09. The van der Waals surface area contributed by atoms with E-state index in [1.165, 1.54) is 17.2 Å². The highest BCUT2D eigenvalue weighted by Crippen LogP contribution is 1.97. The molecule has 2 rings (SSSR count). The van der Waals surface area contributed by atoms with Gasteiger partial charge >= 0.3 is 0 Å². The van der Waals surface area contributed by atoms with Crippen molar-refractivity contribution in [3.63, 3.8) is 0 Å². The molecule has 0 aliphatic carbocycles. The first-order valence-electron chi connectivity index (χ1n) is 4.70. The van der Waals surface area contributed by atoms with E-state index in [9.17, 15) is 4.79 Å². The minimum absolute atomic E-state index is 0.0487. The van der Waals surface area contributed by atoms with Crippen LogP contribution >= 0.6 is 0 Å². The Kier molecular flexibility index (Phi) is 2.87. The van der Waals surface area contributed by atoms with E-state index >= 15 is 0 Å². The molecule has 0 aliphatic rings. The predicted octanol–water partition coefficient (Wildman–Crippen LogP) is 0.595. The molecule has 78 valence electrons. The van der Waals surface area contributed by atoms with Gasteiger partial charge in [-0.15, -0.1) is 0 Å². The maximum absolute atomic E-state index is 11.5. The second kappa shape index (κ2) is 4.50. The molecule has 0 aromatic carbocycles. The molecule has 6 nitrogen and oxygen atoms in total. The van der Waals surface area contributed by atoms with E-state index in [1.807, 2.05) is 0 Å². The van der Waals surface area contributed by atoms with Crippen molar-refractivity contribution in [3.05, 3.63) is 31.4 Å². The number of aromatic nitrogens is 5. The van der Waals surface area contributed by atoms with Gasteiger partial charge in [0.1, 0.15) is 19.0 Å². The summed E-state index contributed by atoms with van der Waals surface area (Å²) in [5.41, 5.74) is 0. The summed E-state index contributed by atoms with van der Waals surface area (Å²) >= 11 is 0. The third kappa shape index (κ3) is 2.49. The van der Waals surface area contributed by atoms with Gasteiger partial charge in [0.15, 0.2) is 0 Å². The number of hydrogen-bond donors (Lipinski definition) is 0. The van der Waals surface area contributed by atoms with E-state index in [0.717, 1.165) is 6.42 Å². The van der Waals surface area contributed by atoms with Crippen molar-refractivity contribution in [2.24, 2.45) is 0 Å². The fraction of sp³-hybridized carbons (Fsp3) is 0.333. The first-order valence-corrected chi connectivity index (χ1v) is 4.70. The SMILES string of the molecule is O=C(CCCn1cncn1)n1ccnc1. The van der Waals surface area contributed by atoms with Crippen LogP contribution in [0.15, 0.2) is 31.4 Å². The molecule has 2 aromatic heterocycles. The van der Waals surface area contributed by atoms with E-state index in [4.69, 9.17) is 0 Å². The first-order chi connectivity index (χ1) is 7.36. The Balaban J connectivity index is 1.77. The fourth-order valence-corrected chi connectivity index (χ4v) is 1.28. The minimum Gasteiger partial charge on any atom is -0.276 e. The number of imidazole rings is 1. The molecule has 0 fully saturated rings. The van der Waals surface area contributed by atoms with Crippen LogP contribution in [0.25, 0.3) is 0 Å². The summed E-state index contributed by atoms with van der Waals surface area (Å²) in [5.74, 6) is 0.0487. The second-order valence-corrected chi connectivity index (χ2v) is 3.13. The monoisotopic (exact) mass is 205 g/mol. The van der Waals surface area contributed by atoms with Crippen molar-refractivity contribution in [2.45, 2.75) is 19.4 Å². The zero-order chi connectivity index (χ0) is 10.5. The van der Waals surface area contributed by atoms with Crippen molar-refractivity contribution < 1.29 is 4.79 Å². The molecular weight excluding hydrogens is 194 g/mol. The van der Waals surface area contributed by atoms with E-state index in [0.29, 0.717) is 13.0 Å². The third-order valence-corrected chi connectivity index (χ3v) is 2.04. The molecule has 15 heavy (non-hydrogen) atoms. The molecule has 0 bridgehead atoms. The summed E-state index contributed by atoms with van der Waals surface area (Å²) in [6, 6.07) is 0. The Labute approximate surface area is 86.6 Å². The highest BCUT2D eigenvalue weighted by Gasteiger charge is 2.03. The Morgan fingerprint density at radius 2 is 2.20 bits per heavy atom. The zero-order valence-electron chi connectivity index (χ0n) is 8.15. The quantitative estimate of drug-likeness (QED) is 0.733. The summed E-state index contributed by atoms with van der Waals surface area (Å²) in [6.45, 7) is 0.709. The number of carbonyl (C=O) groups excluding carboxylic acids is 1. The molecule has 2 heterocycles. The normalized spacial score (nSPS) is 10.4. The van der Waals surface area contributed by atoms with Gasteiger partial charge in [-0.1, -0.05) is 0 Å². The van der Waals surface area contributed by atoms with E-state index in [1.54, 1.807) is 23.4 Å². The summed E-state index contributed by atoms with van der Waals surface area (Å²) in [6.07, 6.45) is 9.11. The van der Waals surface area contributed by atoms with Crippen molar-refractivity contribution >= 4 is 5.91 Å². The van der Waals surface area contributed by atoms with Crippen LogP contribution in [0.2, 0.25) is 0 Å². The van der Waals surface area contributed by atoms with E-state index in [-0.39, 0.29) is 5.91 Å². The second-order valence-electron chi connectivity index (χ2n) is 3.13. The average molecular weight is 205 g/mol. The Morgan fingerprint density at radius 3 is 2.87 bits per heavy atom. The molecular formula is C9H11N5O. The number of carbonyl (C=O) groups is 1. The zero-order valence-corrected chi connectivity index (χ0v) is 8.15. The highest BCUT2D eigenvalue weighted by molar-refractivity contribution is 5.78. The largest absolute Gasteiger partial charge is 0.276 e. The molecule has 0 saturated carbocycles. The number of nitrogens with zero attached hydrogens (tertiary/aromatic N) is 5. The fourth-order valence-electron chi connectivity index (χ4n) is 1.28. The molecule has 6 heteroatoms. The van der Waals surface area contributed by atoms with Gasteiger partial charge in [0.05, 0.1) is 0 Å². The lowest BCUT2D eigenvalue weighted by molar-refractivity contribution is 0.0898.